The van der Waals surface area contributed by atoms with Crippen LogP contribution in [0.4, 0.5) is 0 Å². The normalized spacial score (nSPS) is 15.4. The molecule has 4 nitrogen and oxygen atoms in total. The van der Waals surface area contributed by atoms with E-state index >= 15 is 0 Å². The average Bonchev–Trinajstić information content (AvgIpc) is 2.85. The van der Waals surface area contributed by atoms with Gasteiger partial charge in [-0.2, -0.15) is 0 Å². The highest BCUT2D eigenvalue weighted by molar-refractivity contribution is 6.07. The first-order valence-corrected chi connectivity index (χ1v) is 11.5. The molecule has 0 aromatic heterocycles. The molecule has 1 heterocycles. The van der Waals surface area contributed by atoms with Crippen LogP contribution < -0.4 is 15.4 Å². The zero-order valence-corrected chi connectivity index (χ0v) is 19.0. The number of piperidine rings is 1. The number of nitrogens with one attached hydrogen (secondary N) is 2. The minimum Gasteiger partial charge on any atom is -0.490 e. The van der Waals surface area contributed by atoms with Gasteiger partial charge >= 0.3 is 0 Å². The van der Waals surface area contributed by atoms with Crippen LogP contribution in [0.25, 0.3) is 16.8 Å². The molecule has 1 aliphatic heterocycles. The molecule has 0 radical (unpaired) electrons. The molecule has 0 unspecified atom stereocenters. The van der Waals surface area contributed by atoms with E-state index in [0.717, 1.165) is 53.7 Å². The SMILES string of the molecule is C\C=C/C(=C\C=C\c1ccc(OC2CCNCC2)cc1)NC(=O)c1cccc2ccccc12. The van der Waals surface area contributed by atoms with Crippen molar-refractivity contribution in [3.8, 4) is 5.75 Å². The van der Waals surface area contributed by atoms with Gasteiger partial charge in [0, 0.05) is 11.3 Å². The van der Waals surface area contributed by atoms with Crippen molar-refractivity contribution in [2.24, 2.45) is 0 Å². The summed E-state index contributed by atoms with van der Waals surface area (Å²) in [6.45, 7) is 3.97. The molecule has 0 saturated carbocycles. The maximum absolute atomic E-state index is 13.0. The molecule has 0 spiro atoms. The summed E-state index contributed by atoms with van der Waals surface area (Å²) in [5, 5.41) is 8.37. The van der Waals surface area contributed by atoms with Crippen LogP contribution in [0.15, 0.2) is 96.7 Å². The molecule has 1 saturated heterocycles. The van der Waals surface area contributed by atoms with Gasteiger partial charge in [0.05, 0.1) is 0 Å². The Balaban J connectivity index is 1.41. The molecule has 0 aliphatic carbocycles. The number of hydrogen-bond acceptors (Lipinski definition) is 3. The Labute approximate surface area is 195 Å². The molecule has 1 amide bonds. The predicted octanol–water partition coefficient (Wildman–Crippen LogP) is 5.87. The summed E-state index contributed by atoms with van der Waals surface area (Å²) >= 11 is 0. The third kappa shape index (κ3) is 6.21. The van der Waals surface area contributed by atoms with Crippen LogP contribution in [-0.4, -0.2) is 25.1 Å². The topological polar surface area (TPSA) is 50.4 Å². The lowest BCUT2D eigenvalue weighted by Crippen LogP contribution is -2.34. The van der Waals surface area contributed by atoms with Crippen LogP contribution in [0, 0.1) is 0 Å². The maximum atomic E-state index is 13.0. The fourth-order valence-corrected chi connectivity index (χ4v) is 3.97. The Hall–Kier alpha value is -3.63. The van der Waals surface area contributed by atoms with E-state index in [2.05, 4.69) is 10.6 Å². The summed E-state index contributed by atoms with van der Waals surface area (Å²) < 4.78 is 6.07. The van der Waals surface area contributed by atoms with Gasteiger partial charge < -0.3 is 15.4 Å². The molecule has 168 valence electrons. The zero-order valence-electron chi connectivity index (χ0n) is 19.0. The summed E-state index contributed by atoms with van der Waals surface area (Å²) in [6.07, 6.45) is 12.1. The number of amides is 1. The third-order valence-electron chi connectivity index (χ3n) is 5.67. The van der Waals surface area contributed by atoms with Gasteiger partial charge in [-0.05, 0) is 79.5 Å². The summed E-state index contributed by atoms with van der Waals surface area (Å²) in [5.74, 6) is 0.788. The fourth-order valence-electron chi connectivity index (χ4n) is 3.97. The van der Waals surface area contributed by atoms with Crippen molar-refractivity contribution in [2.75, 3.05) is 13.1 Å². The molecule has 3 aromatic carbocycles. The first-order chi connectivity index (χ1) is 16.2. The van der Waals surface area contributed by atoms with E-state index in [0.29, 0.717) is 11.7 Å². The number of allylic oxidation sites excluding steroid dienone is 4. The van der Waals surface area contributed by atoms with E-state index in [1.54, 1.807) is 0 Å². The van der Waals surface area contributed by atoms with Crippen molar-refractivity contribution in [1.29, 1.82) is 0 Å². The Morgan fingerprint density at radius 1 is 1.00 bits per heavy atom. The zero-order chi connectivity index (χ0) is 22.9. The van der Waals surface area contributed by atoms with Crippen LogP contribution in [0.2, 0.25) is 0 Å². The number of fused-ring (bicyclic) bond motifs is 1. The van der Waals surface area contributed by atoms with Gasteiger partial charge in [0.25, 0.3) is 5.91 Å². The van der Waals surface area contributed by atoms with Crippen molar-refractivity contribution < 1.29 is 9.53 Å². The smallest absolute Gasteiger partial charge is 0.256 e. The minimum atomic E-state index is -0.121. The largest absolute Gasteiger partial charge is 0.490 e. The number of hydrogen-bond donors (Lipinski definition) is 2. The highest BCUT2D eigenvalue weighted by atomic mass is 16.5. The number of carbonyl (C=O) groups is 1. The Bertz CT molecular complexity index is 1160. The number of benzene rings is 3. The number of rotatable bonds is 7. The second kappa shape index (κ2) is 11.3. The lowest BCUT2D eigenvalue weighted by Gasteiger charge is -2.23. The highest BCUT2D eigenvalue weighted by Gasteiger charge is 2.14. The van der Waals surface area contributed by atoms with Crippen molar-refractivity contribution in [1.82, 2.24) is 10.6 Å². The standard InChI is InChI=1S/C29H30N2O2/c1-2-7-24(31-29(32)28-13-6-10-23-9-3-4-12-27(23)28)11-5-8-22-14-16-25(17-15-22)33-26-18-20-30-21-19-26/h2-17,26,30H,18-21H2,1H3,(H,31,32)/b7-2-,8-5+,24-11+. The van der Waals surface area contributed by atoms with Gasteiger partial charge in [0.1, 0.15) is 11.9 Å². The fraction of sp³-hybridized carbons (Fsp3) is 0.207. The molecule has 3 aromatic rings. The van der Waals surface area contributed by atoms with E-state index in [4.69, 9.17) is 4.74 Å². The van der Waals surface area contributed by atoms with Gasteiger partial charge in [-0.1, -0.05) is 66.8 Å². The second-order valence-corrected chi connectivity index (χ2v) is 8.10. The quantitative estimate of drug-likeness (QED) is 0.453. The summed E-state index contributed by atoms with van der Waals surface area (Å²) in [7, 11) is 0. The van der Waals surface area contributed by atoms with E-state index in [1.165, 1.54) is 0 Å². The number of carbonyl (C=O) groups excluding carboxylic acids is 1. The molecule has 2 N–H and O–H groups in total. The first kappa shape index (κ1) is 22.6. The lowest BCUT2D eigenvalue weighted by molar-refractivity contribution is 0.0969. The molecular weight excluding hydrogens is 408 g/mol. The third-order valence-corrected chi connectivity index (χ3v) is 5.67. The van der Waals surface area contributed by atoms with Gasteiger partial charge in [-0.3, -0.25) is 4.79 Å². The lowest BCUT2D eigenvalue weighted by atomic mass is 10.0. The van der Waals surface area contributed by atoms with Crippen molar-refractivity contribution in [2.45, 2.75) is 25.9 Å². The molecule has 4 rings (SSSR count). The van der Waals surface area contributed by atoms with Crippen molar-refractivity contribution in [3.05, 3.63) is 108 Å². The van der Waals surface area contributed by atoms with Crippen LogP contribution in [0.3, 0.4) is 0 Å². The summed E-state index contributed by atoms with van der Waals surface area (Å²) in [5.41, 5.74) is 2.47. The molecule has 1 fully saturated rings. The maximum Gasteiger partial charge on any atom is 0.256 e. The Morgan fingerprint density at radius 2 is 1.76 bits per heavy atom. The molecule has 0 atom stereocenters. The molecular formula is C29H30N2O2. The van der Waals surface area contributed by atoms with E-state index in [-0.39, 0.29) is 5.91 Å². The van der Waals surface area contributed by atoms with E-state index in [9.17, 15) is 4.79 Å². The Kier molecular flexibility index (Phi) is 7.72. The first-order valence-electron chi connectivity index (χ1n) is 11.5. The Morgan fingerprint density at radius 3 is 2.55 bits per heavy atom. The molecule has 4 heteroatoms. The van der Waals surface area contributed by atoms with Gasteiger partial charge in [-0.25, -0.2) is 0 Å². The summed E-state index contributed by atoms with van der Waals surface area (Å²) in [6, 6.07) is 21.8. The van der Waals surface area contributed by atoms with E-state index < -0.39 is 0 Å². The van der Waals surface area contributed by atoms with E-state index in [1.807, 2.05) is 104 Å². The van der Waals surface area contributed by atoms with Gasteiger partial charge in [0.15, 0.2) is 0 Å². The van der Waals surface area contributed by atoms with Crippen LogP contribution >= 0.6 is 0 Å². The second-order valence-electron chi connectivity index (χ2n) is 8.10. The van der Waals surface area contributed by atoms with Crippen LogP contribution in [0.1, 0.15) is 35.7 Å². The predicted molar refractivity (Wildman–Crippen MR) is 136 cm³/mol. The van der Waals surface area contributed by atoms with Crippen molar-refractivity contribution >= 4 is 22.8 Å². The van der Waals surface area contributed by atoms with Crippen molar-refractivity contribution in [3.63, 3.8) is 0 Å². The molecule has 1 aliphatic rings. The number of ether oxygens (including phenoxy) is 1. The monoisotopic (exact) mass is 438 g/mol. The van der Waals surface area contributed by atoms with Crippen LogP contribution in [0.5, 0.6) is 5.75 Å². The summed E-state index contributed by atoms with van der Waals surface area (Å²) in [4.78, 5) is 13.0. The molecule has 0 bridgehead atoms. The molecule has 33 heavy (non-hydrogen) atoms. The van der Waals surface area contributed by atoms with Gasteiger partial charge in [0.2, 0.25) is 0 Å². The highest BCUT2D eigenvalue weighted by Crippen LogP contribution is 2.20. The minimum absolute atomic E-state index is 0.121. The average molecular weight is 439 g/mol. The van der Waals surface area contributed by atoms with Gasteiger partial charge in [-0.15, -0.1) is 0 Å². The van der Waals surface area contributed by atoms with Crippen LogP contribution in [-0.2, 0) is 0 Å².